The zero-order valence-corrected chi connectivity index (χ0v) is 9.56. The number of hydrogen-bond acceptors (Lipinski definition) is 4. The van der Waals surface area contributed by atoms with Gasteiger partial charge in [0.2, 0.25) is 11.8 Å². The van der Waals surface area contributed by atoms with E-state index in [0.717, 1.165) is 0 Å². The van der Waals surface area contributed by atoms with Crippen molar-refractivity contribution in [3.8, 4) is 5.88 Å². The number of ether oxygens (including phenoxy) is 1. The van der Waals surface area contributed by atoms with Gasteiger partial charge in [-0.15, -0.1) is 0 Å². The number of aromatic nitrogens is 1. The number of nitrogens with one attached hydrogen (secondary N) is 1. The highest BCUT2D eigenvalue weighted by Gasteiger charge is 2.16. The number of carbonyl (C=O) groups excluding carboxylic acids is 1. The third kappa shape index (κ3) is 2.93. The van der Waals surface area contributed by atoms with Crippen molar-refractivity contribution in [3.63, 3.8) is 0 Å². The largest absolute Gasteiger partial charge is 0.480 e. The van der Waals surface area contributed by atoms with Crippen LogP contribution < -0.4 is 15.8 Å². The van der Waals surface area contributed by atoms with Gasteiger partial charge in [0.25, 0.3) is 0 Å². The SMILES string of the molecule is CCC(CN)C(=O)Nc1cccnc1OC. The molecule has 0 radical (unpaired) electrons. The highest BCUT2D eigenvalue weighted by molar-refractivity contribution is 5.93. The Morgan fingerprint density at radius 2 is 2.44 bits per heavy atom. The quantitative estimate of drug-likeness (QED) is 0.781. The first-order valence-corrected chi connectivity index (χ1v) is 5.22. The third-order valence-electron chi connectivity index (χ3n) is 2.37. The van der Waals surface area contributed by atoms with Crippen molar-refractivity contribution >= 4 is 11.6 Å². The van der Waals surface area contributed by atoms with Gasteiger partial charge in [0.15, 0.2) is 0 Å². The Morgan fingerprint density at radius 1 is 1.69 bits per heavy atom. The first-order valence-electron chi connectivity index (χ1n) is 5.22. The van der Waals surface area contributed by atoms with E-state index in [1.54, 1.807) is 18.3 Å². The van der Waals surface area contributed by atoms with Crippen molar-refractivity contribution in [2.24, 2.45) is 11.7 Å². The average molecular weight is 223 g/mol. The number of rotatable bonds is 5. The van der Waals surface area contributed by atoms with E-state index in [1.165, 1.54) is 7.11 Å². The van der Waals surface area contributed by atoms with Crippen LogP contribution >= 0.6 is 0 Å². The van der Waals surface area contributed by atoms with Crippen molar-refractivity contribution in [2.75, 3.05) is 19.0 Å². The normalized spacial score (nSPS) is 11.9. The van der Waals surface area contributed by atoms with Gasteiger partial charge in [-0.05, 0) is 18.6 Å². The van der Waals surface area contributed by atoms with Crippen molar-refractivity contribution in [2.45, 2.75) is 13.3 Å². The molecule has 1 aromatic rings. The van der Waals surface area contributed by atoms with Crippen LogP contribution in [0.4, 0.5) is 5.69 Å². The van der Waals surface area contributed by atoms with Crippen LogP contribution in [0.25, 0.3) is 0 Å². The maximum Gasteiger partial charge on any atom is 0.237 e. The van der Waals surface area contributed by atoms with E-state index in [0.29, 0.717) is 24.5 Å². The van der Waals surface area contributed by atoms with Crippen LogP contribution in [-0.2, 0) is 4.79 Å². The van der Waals surface area contributed by atoms with Crippen LogP contribution in [0.1, 0.15) is 13.3 Å². The number of amides is 1. The molecule has 0 saturated carbocycles. The van der Waals surface area contributed by atoms with Gasteiger partial charge >= 0.3 is 0 Å². The summed E-state index contributed by atoms with van der Waals surface area (Å²) >= 11 is 0. The molecule has 0 aliphatic rings. The first kappa shape index (κ1) is 12.4. The van der Waals surface area contributed by atoms with Gasteiger partial charge in [-0.2, -0.15) is 0 Å². The minimum atomic E-state index is -0.176. The minimum absolute atomic E-state index is 0.101. The topological polar surface area (TPSA) is 77.2 Å². The lowest BCUT2D eigenvalue weighted by Gasteiger charge is -2.13. The van der Waals surface area contributed by atoms with E-state index in [9.17, 15) is 4.79 Å². The molecule has 0 bridgehead atoms. The number of pyridine rings is 1. The lowest BCUT2D eigenvalue weighted by Crippen LogP contribution is -2.28. The summed E-state index contributed by atoms with van der Waals surface area (Å²) in [4.78, 5) is 15.8. The highest BCUT2D eigenvalue weighted by atomic mass is 16.5. The summed E-state index contributed by atoms with van der Waals surface area (Å²) in [6.07, 6.45) is 2.32. The fourth-order valence-electron chi connectivity index (χ4n) is 1.34. The average Bonchev–Trinajstić information content (AvgIpc) is 2.31. The van der Waals surface area contributed by atoms with Gasteiger partial charge < -0.3 is 15.8 Å². The molecular formula is C11H17N3O2. The van der Waals surface area contributed by atoms with Crippen LogP contribution in [0, 0.1) is 5.92 Å². The zero-order chi connectivity index (χ0) is 12.0. The van der Waals surface area contributed by atoms with Gasteiger partial charge in [0.05, 0.1) is 13.0 Å². The van der Waals surface area contributed by atoms with Crippen molar-refractivity contribution in [1.82, 2.24) is 4.98 Å². The Hall–Kier alpha value is -1.62. The van der Waals surface area contributed by atoms with Gasteiger partial charge in [0.1, 0.15) is 5.69 Å². The Kier molecular flexibility index (Phi) is 4.72. The molecule has 5 heteroatoms. The lowest BCUT2D eigenvalue weighted by atomic mass is 10.1. The van der Waals surface area contributed by atoms with E-state index >= 15 is 0 Å². The molecule has 1 rings (SSSR count). The molecule has 5 nitrogen and oxygen atoms in total. The second kappa shape index (κ2) is 6.07. The van der Waals surface area contributed by atoms with Gasteiger partial charge in [0, 0.05) is 12.7 Å². The molecule has 0 aromatic carbocycles. The molecule has 0 aliphatic carbocycles. The molecule has 0 spiro atoms. The van der Waals surface area contributed by atoms with Crippen molar-refractivity contribution in [1.29, 1.82) is 0 Å². The maximum absolute atomic E-state index is 11.8. The molecule has 0 fully saturated rings. The Balaban J connectivity index is 2.76. The predicted molar refractivity (Wildman–Crippen MR) is 62.3 cm³/mol. The van der Waals surface area contributed by atoms with Crippen LogP contribution in [0.5, 0.6) is 5.88 Å². The molecule has 1 heterocycles. The molecule has 1 unspecified atom stereocenters. The fraction of sp³-hybridized carbons (Fsp3) is 0.455. The Labute approximate surface area is 95.0 Å². The molecule has 88 valence electrons. The van der Waals surface area contributed by atoms with Crippen LogP contribution in [0.2, 0.25) is 0 Å². The van der Waals surface area contributed by atoms with Gasteiger partial charge in [-0.3, -0.25) is 4.79 Å². The molecule has 1 aromatic heterocycles. The summed E-state index contributed by atoms with van der Waals surface area (Å²) in [6.45, 7) is 2.27. The maximum atomic E-state index is 11.8. The molecule has 3 N–H and O–H groups in total. The van der Waals surface area contributed by atoms with Crippen molar-refractivity contribution in [3.05, 3.63) is 18.3 Å². The number of nitrogens with two attached hydrogens (primary N) is 1. The van der Waals surface area contributed by atoms with E-state index in [2.05, 4.69) is 10.3 Å². The van der Waals surface area contributed by atoms with Gasteiger partial charge in [-0.25, -0.2) is 4.98 Å². The molecule has 0 aliphatic heterocycles. The molecule has 16 heavy (non-hydrogen) atoms. The van der Waals surface area contributed by atoms with Gasteiger partial charge in [-0.1, -0.05) is 6.92 Å². The second-order valence-corrected chi connectivity index (χ2v) is 3.39. The molecule has 0 saturated heterocycles. The predicted octanol–water partition coefficient (Wildman–Crippen LogP) is 1.01. The third-order valence-corrected chi connectivity index (χ3v) is 2.37. The lowest BCUT2D eigenvalue weighted by molar-refractivity contribution is -0.119. The van der Waals surface area contributed by atoms with E-state index in [4.69, 9.17) is 10.5 Å². The molecule has 1 atom stereocenters. The number of hydrogen-bond donors (Lipinski definition) is 2. The van der Waals surface area contributed by atoms with E-state index in [1.807, 2.05) is 6.92 Å². The summed E-state index contributed by atoms with van der Waals surface area (Å²) in [5.41, 5.74) is 6.07. The van der Waals surface area contributed by atoms with Crippen LogP contribution in [-0.4, -0.2) is 24.5 Å². The zero-order valence-electron chi connectivity index (χ0n) is 9.56. The first-order chi connectivity index (χ1) is 7.72. The smallest absolute Gasteiger partial charge is 0.237 e. The minimum Gasteiger partial charge on any atom is -0.480 e. The number of anilines is 1. The number of methoxy groups -OCH3 is 1. The summed E-state index contributed by atoms with van der Waals surface area (Å²) in [6, 6.07) is 3.48. The van der Waals surface area contributed by atoms with E-state index < -0.39 is 0 Å². The van der Waals surface area contributed by atoms with Crippen molar-refractivity contribution < 1.29 is 9.53 Å². The monoisotopic (exact) mass is 223 g/mol. The summed E-state index contributed by atoms with van der Waals surface area (Å²) in [7, 11) is 1.51. The van der Waals surface area contributed by atoms with E-state index in [-0.39, 0.29) is 11.8 Å². The second-order valence-electron chi connectivity index (χ2n) is 3.39. The standard InChI is InChI=1S/C11H17N3O2/c1-3-8(7-12)10(15)14-9-5-4-6-13-11(9)16-2/h4-6,8H,3,7,12H2,1-2H3,(H,14,15). The molecule has 1 amide bonds. The number of carbonyl (C=O) groups is 1. The number of nitrogens with zero attached hydrogens (tertiary/aromatic N) is 1. The van der Waals surface area contributed by atoms with Crippen LogP contribution in [0.15, 0.2) is 18.3 Å². The molecular weight excluding hydrogens is 206 g/mol. The highest BCUT2D eigenvalue weighted by Crippen LogP contribution is 2.20. The Morgan fingerprint density at radius 3 is 3.00 bits per heavy atom. The Bertz CT molecular complexity index is 351. The summed E-state index contributed by atoms with van der Waals surface area (Å²) < 4.78 is 5.04. The fourth-order valence-corrected chi connectivity index (χ4v) is 1.34. The summed E-state index contributed by atoms with van der Waals surface area (Å²) in [5.74, 6) is 0.129. The van der Waals surface area contributed by atoms with Crippen LogP contribution in [0.3, 0.4) is 0 Å². The summed E-state index contributed by atoms with van der Waals surface area (Å²) in [5, 5.41) is 2.76.